The van der Waals surface area contributed by atoms with Crippen LogP contribution in [0.4, 0.5) is 11.8 Å². The van der Waals surface area contributed by atoms with Gasteiger partial charge in [-0.05, 0) is 18.9 Å². The van der Waals surface area contributed by atoms with E-state index in [1.54, 1.807) is 37.1 Å². The van der Waals surface area contributed by atoms with Crippen molar-refractivity contribution in [2.24, 2.45) is 5.92 Å². The summed E-state index contributed by atoms with van der Waals surface area (Å²) in [5, 5.41) is 2.80. The Morgan fingerprint density at radius 3 is 2.52 bits per heavy atom. The summed E-state index contributed by atoms with van der Waals surface area (Å²) in [4.78, 5) is 30.7. The number of hydrogen-bond donors (Lipinski definition) is 1. The standard InChI is InChI=1S/C14H16N6O/c21-13(19-12-10-15-6-7-16-12)11-2-8-20(9-3-11)14-17-4-1-5-18-14/h1,4-7,10-11H,2-3,8-9H2,(H,16,19,21). The highest BCUT2D eigenvalue weighted by molar-refractivity contribution is 5.91. The van der Waals surface area contributed by atoms with Gasteiger partial charge >= 0.3 is 0 Å². The minimum Gasteiger partial charge on any atom is -0.341 e. The van der Waals surface area contributed by atoms with Gasteiger partial charge in [-0.25, -0.2) is 15.0 Å². The van der Waals surface area contributed by atoms with Crippen LogP contribution in [0.2, 0.25) is 0 Å². The first kappa shape index (κ1) is 13.4. The number of carbonyl (C=O) groups is 1. The number of carbonyl (C=O) groups excluding carboxylic acids is 1. The van der Waals surface area contributed by atoms with Crippen molar-refractivity contribution in [1.82, 2.24) is 19.9 Å². The minimum atomic E-state index is -0.00744. The molecule has 1 fully saturated rings. The van der Waals surface area contributed by atoms with Crippen LogP contribution in [-0.4, -0.2) is 38.9 Å². The smallest absolute Gasteiger partial charge is 0.228 e. The molecule has 0 spiro atoms. The van der Waals surface area contributed by atoms with Crippen molar-refractivity contribution >= 4 is 17.7 Å². The van der Waals surface area contributed by atoms with Crippen LogP contribution in [0.1, 0.15) is 12.8 Å². The molecule has 1 saturated heterocycles. The lowest BCUT2D eigenvalue weighted by Gasteiger charge is -2.31. The van der Waals surface area contributed by atoms with Crippen LogP contribution in [0, 0.1) is 5.92 Å². The third-order valence-electron chi connectivity index (χ3n) is 3.52. The predicted molar refractivity (Wildman–Crippen MR) is 77.6 cm³/mol. The lowest BCUT2D eigenvalue weighted by atomic mass is 9.96. The van der Waals surface area contributed by atoms with Crippen LogP contribution in [0.5, 0.6) is 0 Å². The second kappa shape index (κ2) is 6.25. The maximum atomic E-state index is 12.2. The van der Waals surface area contributed by atoms with Crippen molar-refractivity contribution in [3.63, 3.8) is 0 Å². The summed E-state index contributed by atoms with van der Waals surface area (Å²) in [5.74, 6) is 1.22. The first-order valence-electron chi connectivity index (χ1n) is 6.92. The number of nitrogens with zero attached hydrogens (tertiary/aromatic N) is 5. The normalized spacial score (nSPS) is 15.7. The Labute approximate surface area is 122 Å². The second-order valence-electron chi connectivity index (χ2n) is 4.89. The zero-order valence-electron chi connectivity index (χ0n) is 11.5. The fourth-order valence-electron chi connectivity index (χ4n) is 2.39. The lowest BCUT2D eigenvalue weighted by molar-refractivity contribution is -0.120. The Morgan fingerprint density at radius 2 is 1.86 bits per heavy atom. The fourth-order valence-corrected chi connectivity index (χ4v) is 2.39. The maximum absolute atomic E-state index is 12.2. The van der Waals surface area contributed by atoms with Crippen molar-refractivity contribution in [1.29, 1.82) is 0 Å². The van der Waals surface area contributed by atoms with Gasteiger partial charge < -0.3 is 10.2 Å². The largest absolute Gasteiger partial charge is 0.341 e. The predicted octanol–water partition coefficient (Wildman–Crippen LogP) is 1.12. The van der Waals surface area contributed by atoms with E-state index in [2.05, 4.69) is 30.2 Å². The molecule has 2 aromatic heterocycles. The summed E-state index contributed by atoms with van der Waals surface area (Å²) < 4.78 is 0. The quantitative estimate of drug-likeness (QED) is 0.909. The van der Waals surface area contributed by atoms with E-state index < -0.39 is 0 Å². The average molecular weight is 284 g/mol. The van der Waals surface area contributed by atoms with E-state index in [0.29, 0.717) is 5.82 Å². The Kier molecular flexibility index (Phi) is 3.99. The number of amides is 1. The first-order chi connectivity index (χ1) is 10.3. The van der Waals surface area contributed by atoms with Crippen LogP contribution >= 0.6 is 0 Å². The van der Waals surface area contributed by atoms with Gasteiger partial charge in [-0.1, -0.05) is 0 Å². The molecule has 0 saturated carbocycles. The molecule has 0 aromatic carbocycles. The van der Waals surface area contributed by atoms with Gasteiger partial charge in [0.2, 0.25) is 11.9 Å². The zero-order valence-corrected chi connectivity index (χ0v) is 11.5. The SMILES string of the molecule is O=C(Nc1cnccn1)C1CCN(c2ncccn2)CC1. The molecular weight excluding hydrogens is 268 g/mol. The molecule has 108 valence electrons. The average Bonchev–Trinajstić information content (AvgIpc) is 2.57. The van der Waals surface area contributed by atoms with Gasteiger partial charge in [0.05, 0.1) is 6.20 Å². The number of nitrogens with one attached hydrogen (secondary N) is 1. The molecule has 0 atom stereocenters. The molecule has 0 radical (unpaired) electrons. The molecule has 21 heavy (non-hydrogen) atoms. The van der Waals surface area contributed by atoms with Crippen LogP contribution in [0.25, 0.3) is 0 Å². The molecular formula is C14H16N6O. The number of anilines is 2. The third-order valence-corrected chi connectivity index (χ3v) is 3.52. The number of hydrogen-bond acceptors (Lipinski definition) is 6. The second-order valence-corrected chi connectivity index (χ2v) is 4.89. The van der Waals surface area contributed by atoms with Crippen molar-refractivity contribution < 1.29 is 4.79 Å². The van der Waals surface area contributed by atoms with Crippen molar-refractivity contribution in [3.05, 3.63) is 37.1 Å². The van der Waals surface area contributed by atoms with Gasteiger partial charge in [0.1, 0.15) is 0 Å². The Morgan fingerprint density at radius 1 is 1.10 bits per heavy atom. The van der Waals surface area contributed by atoms with Crippen LogP contribution in [0.3, 0.4) is 0 Å². The first-order valence-corrected chi connectivity index (χ1v) is 6.92. The lowest BCUT2D eigenvalue weighted by Crippen LogP contribution is -2.39. The highest BCUT2D eigenvalue weighted by Gasteiger charge is 2.26. The highest BCUT2D eigenvalue weighted by Crippen LogP contribution is 2.21. The zero-order chi connectivity index (χ0) is 14.5. The number of rotatable bonds is 3. The molecule has 0 unspecified atom stereocenters. The highest BCUT2D eigenvalue weighted by atomic mass is 16.1. The van der Waals surface area contributed by atoms with E-state index in [9.17, 15) is 4.79 Å². The summed E-state index contributed by atoms with van der Waals surface area (Å²) in [6.07, 6.45) is 9.71. The van der Waals surface area contributed by atoms with E-state index >= 15 is 0 Å². The van der Waals surface area contributed by atoms with Gasteiger partial charge in [0.15, 0.2) is 5.82 Å². The summed E-state index contributed by atoms with van der Waals surface area (Å²) in [6.45, 7) is 1.56. The van der Waals surface area contributed by atoms with Crippen molar-refractivity contribution in [3.8, 4) is 0 Å². The molecule has 3 rings (SSSR count). The van der Waals surface area contributed by atoms with Gasteiger partial charge in [-0.15, -0.1) is 0 Å². The van der Waals surface area contributed by atoms with E-state index in [0.717, 1.165) is 31.9 Å². The molecule has 1 aliphatic heterocycles. The Balaban J connectivity index is 1.55. The summed E-state index contributed by atoms with van der Waals surface area (Å²) in [5.41, 5.74) is 0. The molecule has 1 amide bonds. The van der Waals surface area contributed by atoms with Crippen LogP contribution in [0.15, 0.2) is 37.1 Å². The summed E-state index contributed by atoms with van der Waals surface area (Å²) in [7, 11) is 0. The minimum absolute atomic E-state index is 0.00382. The van der Waals surface area contributed by atoms with Gasteiger partial charge in [0, 0.05) is 43.8 Å². The van der Waals surface area contributed by atoms with Crippen molar-refractivity contribution in [2.45, 2.75) is 12.8 Å². The summed E-state index contributed by atoms with van der Waals surface area (Å²) >= 11 is 0. The van der Waals surface area contributed by atoms with Crippen molar-refractivity contribution in [2.75, 3.05) is 23.3 Å². The molecule has 3 heterocycles. The number of piperidine rings is 1. The Hall–Kier alpha value is -2.57. The molecule has 1 aliphatic rings. The molecule has 1 N–H and O–H groups in total. The molecule has 0 aliphatic carbocycles. The maximum Gasteiger partial charge on any atom is 0.228 e. The third kappa shape index (κ3) is 3.31. The summed E-state index contributed by atoms with van der Waals surface area (Å²) in [6, 6.07) is 1.80. The Bertz CT molecular complexity index is 583. The van der Waals surface area contributed by atoms with Gasteiger partial charge in [-0.2, -0.15) is 0 Å². The fraction of sp³-hybridized carbons (Fsp3) is 0.357. The number of aromatic nitrogens is 4. The topological polar surface area (TPSA) is 83.9 Å². The van der Waals surface area contributed by atoms with E-state index in [1.807, 2.05) is 0 Å². The van der Waals surface area contributed by atoms with E-state index in [1.165, 1.54) is 0 Å². The van der Waals surface area contributed by atoms with E-state index in [4.69, 9.17) is 0 Å². The monoisotopic (exact) mass is 284 g/mol. The van der Waals surface area contributed by atoms with Crippen LogP contribution in [-0.2, 0) is 4.79 Å². The molecule has 2 aromatic rings. The molecule has 7 nitrogen and oxygen atoms in total. The van der Waals surface area contributed by atoms with Crippen LogP contribution < -0.4 is 10.2 Å². The molecule has 7 heteroatoms. The van der Waals surface area contributed by atoms with Gasteiger partial charge in [-0.3, -0.25) is 9.78 Å². The van der Waals surface area contributed by atoms with E-state index in [-0.39, 0.29) is 11.8 Å². The van der Waals surface area contributed by atoms with Gasteiger partial charge in [0.25, 0.3) is 0 Å². The molecule has 0 bridgehead atoms.